The minimum absolute atomic E-state index is 0.0463. The molecular formula is C24H33FN4O3. The number of ether oxygens (including phenoxy) is 1. The van der Waals surface area contributed by atoms with Gasteiger partial charge in [0.05, 0.1) is 12.2 Å². The summed E-state index contributed by atoms with van der Waals surface area (Å²) in [5.74, 6) is -0.0636. The first kappa shape index (κ1) is 23.9. The van der Waals surface area contributed by atoms with Crippen LogP contribution in [-0.4, -0.2) is 65.2 Å². The molecule has 1 saturated heterocycles. The molecule has 1 aromatic carbocycles. The minimum Gasteiger partial charge on any atom is -0.385 e. The first-order valence-electron chi connectivity index (χ1n) is 11.3. The number of fused-ring (bicyclic) bond motifs is 1. The summed E-state index contributed by atoms with van der Waals surface area (Å²) in [5, 5.41) is 4.57. The van der Waals surface area contributed by atoms with Crippen molar-refractivity contribution in [3.63, 3.8) is 0 Å². The van der Waals surface area contributed by atoms with Gasteiger partial charge in [-0.05, 0) is 50.7 Å². The Hall–Kier alpha value is -2.74. The molecule has 0 atom stereocenters. The number of likely N-dealkylation sites (tertiary alicyclic amines) is 1. The van der Waals surface area contributed by atoms with Crippen molar-refractivity contribution in [1.29, 1.82) is 0 Å². The predicted molar refractivity (Wildman–Crippen MR) is 120 cm³/mol. The molecule has 32 heavy (non-hydrogen) atoms. The number of rotatable bonds is 5. The lowest BCUT2D eigenvalue weighted by Gasteiger charge is -2.32. The van der Waals surface area contributed by atoms with Gasteiger partial charge in [-0.15, -0.1) is 0 Å². The summed E-state index contributed by atoms with van der Waals surface area (Å²) in [5.41, 5.74) is 3.20. The molecule has 7 nitrogen and oxygen atoms in total. The molecule has 0 spiro atoms. The molecule has 0 radical (unpaired) electrons. The monoisotopic (exact) mass is 444 g/mol. The smallest absolute Gasteiger partial charge is 0.274 e. The second-order valence-electron chi connectivity index (χ2n) is 8.08. The second-order valence-corrected chi connectivity index (χ2v) is 8.08. The standard InChI is InChI=1S/C21H25FN4O2.C3H8O/c1-2-26-19-13-24(14-27)10-9-17(19)20(23-26)21(28)25-11-7-15(8-12-25)16-5-3-4-6-18(16)22;1-3-4-2/h3-6,14-15H,2,7-13H2,1H3;3H2,1-2H3. The molecule has 2 aliphatic heterocycles. The molecule has 3 heterocycles. The number of benzene rings is 1. The molecule has 0 bridgehead atoms. The average molecular weight is 445 g/mol. The lowest BCUT2D eigenvalue weighted by Crippen LogP contribution is -2.39. The molecule has 1 fully saturated rings. The van der Waals surface area contributed by atoms with E-state index in [-0.39, 0.29) is 17.6 Å². The van der Waals surface area contributed by atoms with Gasteiger partial charge in [0.25, 0.3) is 5.91 Å². The van der Waals surface area contributed by atoms with Crippen molar-refractivity contribution in [1.82, 2.24) is 19.6 Å². The molecule has 0 aliphatic carbocycles. The van der Waals surface area contributed by atoms with Crippen LogP contribution in [-0.2, 0) is 29.0 Å². The van der Waals surface area contributed by atoms with E-state index < -0.39 is 0 Å². The Labute approximate surface area is 189 Å². The van der Waals surface area contributed by atoms with Crippen LogP contribution in [0.2, 0.25) is 0 Å². The van der Waals surface area contributed by atoms with E-state index in [1.54, 1.807) is 18.1 Å². The third-order valence-electron chi connectivity index (χ3n) is 6.24. The number of aromatic nitrogens is 2. The van der Waals surface area contributed by atoms with Crippen molar-refractivity contribution >= 4 is 12.3 Å². The zero-order valence-electron chi connectivity index (χ0n) is 19.2. The number of halogens is 1. The summed E-state index contributed by atoms with van der Waals surface area (Å²) < 4.78 is 20.4. The van der Waals surface area contributed by atoms with Crippen LogP contribution < -0.4 is 0 Å². The van der Waals surface area contributed by atoms with Gasteiger partial charge in [0, 0.05) is 45.5 Å². The summed E-state index contributed by atoms with van der Waals surface area (Å²) in [6, 6.07) is 6.91. The van der Waals surface area contributed by atoms with Crippen molar-refractivity contribution in [3.05, 3.63) is 52.6 Å². The fourth-order valence-electron chi connectivity index (χ4n) is 4.37. The molecule has 0 unspecified atom stereocenters. The average Bonchev–Trinajstić information content (AvgIpc) is 3.22. The number of piperidine rings is 1. The van der Waals surface area contributed by atoms with E-state index in [1.807, 2.05) is 35.6 Å². The summed E-state index contributed by atoms with van der Waals surface area (Å²) in [4.78, 5) is 27.8. The highest BCUT2D eigenvalue weighted by molar-refractivity contribution is 5.94. The number of hydrogen-bond acceptors (Lipinski definition) is 4. The van der Waals surface area contributed by atoms with Crippen molar-refractivity contribution in [2.75, 3.05) is 33.4 Å². The highest BCUT2D eigenvalue weighted by atomic mass is 19.1. The largest absolute Gasteiger partial charge is 0.385 e. The molecule has 4 rings (SSSR count). The third kappa shape index (κ3) is 5.18. The summed E-state index contributed by atoms with van der Waals surface area (Å²) in [6.45, 7) is 7.75. The maximum absolute atomic E-state index is 14.1. The van der Waals surface area contributed by atoms with Gasteiger partial charge >= 0.3 is 0 Å². The number of aryl methyl sites for hydroxylation is 1. The van der Waals surface area contributed by atoms with Gasteiger partial charge in [-0.25, -0.2) is 4.39 Å². The fourth-order valence-corrected chi connectivity index (χ4v) is 4.37. The van der Waals surface area contributed by atoms with Crippen LogP contribution in [0.4, 0.5) is 4.39 Å². The number of methoxy groups -OCH3 is 1. The van der Waals surface area contributed by atoms with Crippen LogP contribution >= 0.6 is 0 Å². The number of carbonyl (C=O) groups excluding carboxylic acids is 2. The van der Waals surface area contributed by atoms with E-state index in [0.29, 0.717) is 44.8 Å². The number of carbonyl (C=O) groups is 2. The summed E-state index contributed by atoms with van der Waals surface area (Å²) >= 11 is 0. The van der Waals surface area contributed by atoms with Crippen LogP contribution in [0, 0.1) is 5.82 Å². The van der Waals surface area contributed by atoms with E-state index in [9.17, 15) is 14.0 Å². The van der Waals surface area contributed by atoms with Gasteiger partial charge in [0.15, 0.2) is 5.69 Å². The van der Waals surface area contributed by atoms with Crippen molar-refractivity contribution in [3.8, 4) is 0 Å². The SMILES string of the molecule is CCOC.CCn1nc(C(=O)N2CCC(c3ccccc3F)CC2)c2c1CN(C=O)CC2. The molecule has 2 aliphatic rings. The molecule has 2 aromatic rings. The van der Waals surface area contributed by atoms with E-state index >= 15 is 0 Å². The lowest BCUT2D eigenvalue weighted by atomic mass is 9.89. The van der Waals surface area contributed by atoms with E-state index in [4.69, 9.17) is 0 Å². The topological polar surface area (TPSA) is 67.7 Å². The second kappa shape index (κ2) is 11.2. The van der Waals surface area contributed by atoms with Crippen molar-refractivity contribution in [2.24, 2.45) is 0 Å². The van der Waals surface area contributed by atoms with E-state index in [2.05, 4.69) is 9.84 Å². The van der Waals surface area contributed by atoms with Crippen molar-refractivity contribution < 1.29 is 18.7 Å². The zero-order valence-corrected chi connectivity index (χ0v) is 19.2. The maximum Gasteiger partial charge on any atom is 0.274 e. The summed E-state index contributed by atoms with van der Waals surface area (Å²) in [7, 11) is 1.68. The van der Waals surface area contributed by atoms with Gasteiger partial charge in [0.1, 0.15) is 5.82 Å². The van der Waals surface area contributed by atoms with Crippen LogP contribution in [0.15, 0.2) is 24.3 Å². The van der Waals surface area contributed by atoms with Gasteiger partial charge in [-0.1, -0.05) is 18.2 Å². The summed E-state index contributed by atoms with van der Waals surface area (Å²) in [6.07, 6.45) is 3.01. The van der Waals surface area contributed by atoms with Crippen LogP contribution in [0.25, 0.3) is 0 Å². The Morgan fingerprint density at radius 2 is 1.91 bits per heavy atom. The zero-order chi connectivity index (χ0) is 23.1. The number of nitrogens with zero attached hydrogens (tertiary/aromatic N) is 4. The molecule has 174 valence electrons. The van der Waals surface area contributed by atoms with Gasteiger partial charge < -0.3 is 14.5 Å². The molecular weight excluding hydrogens is 411 g/mol. The van der Waals surface area contributed by atoms with Crippen LogP contribution in [0.5, 0.6) is 0 Å². The quantitative estimate of drug-likeness (QED) is 0.664. The molecule has 0 N–H and O–H groups in total. The predicted octanol–water partition coefficient (Wildman–Crippen LogP) is 3.23. The Bertz CT molecular complexity index is 920. The lowest BCUT2D eigenvalue weighted by molar-refractivity contribution is -0.119. The van der Waals surface area contributed by atoms with Gasteiger partial charge in [-0.2, -0.15) is 5.10 Å². The van der Waals surface area contributed by atoms with Crippen LogP contribution in [0.3, 0.4) is 0 Å². The normalized spacial score (nSPS) is 16.2. The van der Waals surface area contributed by atoms with Gasteiger partial charge in [-0.3, -0.25) is 14.3 Å². The Morgan fingerprint density at radius 3 is 2.50 bits per heavy atom. The molecule has 1 aromatic heterocycles. The van der Waals surface area contributed by atoms with E-state index in [1.165, 1.54) is 6.07 Å². The Morgan fingerprint density at radius 1 is 1.22 bits per heavy atom. The van der Waals surface area contributed by atoms with E-state index in [0.717, 1.165) is 42.7 Å². The number of hydrogen-bond donors (Lipinski definition) is 0. The fraction of sp³-hybridized carbons (Fsp3) is 0.542. The highest BCUT2D eigenvalue weighted by Gasteiger charge is 2.32. The molecule has 8 heteroatoms. The number of amides is 2. The maximum atomic E-state index is 14.1. The minimum atomic E-state index is -0.164. The Balaban J connectivity index is 0.000000668. The first-order valence-corrected chi connectivity index (χ1v) is 11.3. The van der Waals surface area contributed by atoms with Crippen molar-refractivity contribution in [2.45, 2.75) is 52.1 Å². The first-order chi connectivity index (χ1) is 15.5. The Kier molecular flexibility index (Phi) is 8.39. The molecule has 2 amide bonds. The molecule has 0 saturated carbocycles. The van der Waals surface area contributed by atoms with Crippen LogP contribution in [0.1, 0.15) is 59.9 Å². The highest BCUT2D eigenvalue weighted by Crippen LogP contribution is 2.31. The van der Waals surface area contributed by atoms with Gasteiger partial charge in [0.2, 0.25) is 6.41 Å². The third-order valence-corrected chi connectivity index (χ3v) is 6.24.